The number of benzene rings is 1. The van der Waals surface area contributed by atoms with E-state index in [0.717, 1.165) is 5.56 Å². The predicted molar refractivity (Wildman–Crippen MR) is 78.1 cm³/mol. The van der Waals surface area contributed by atoms with Gasteiger partial charge in [-0.3, -0.25) is 14.6 Å². The van der Waals surface area contributed by atoms with E-state index in [1.165, 1.54) is 12.3 Å². The van der Waals surface area contributed by atoms with Gasteiger partial charge in [0.15, 0.2) is 0 Å². The number of carbonyl (C=O) groups is 2. The number of pyridine rings is 1. The minimum Gasteiger partial charge on any atom is -0.481 e. The summed E-state index contributed by atoms with van der Waals surface area (Å²) in [5, 5.41) is 12.0. The number of carboxylic acids is 1. The van der Waals surface area contributed by atoms with Crippen molar-refractivity contribution in [2.24, 2.45) is 0 Å². The van der Waals surface area contributed by atoms with Crippen molar-refractivity contribution in [2.45, 2.75) is 12.5 Å². The summed E-state index contributed by atoms with van der Waals surface area (Å²) < 4.78 is 0. The second-order valence-electron chi connectivity index (χ2n) is 4.39. The second-order valence-corrected chi connectivity index (χ2v) is 4.83. The molecule has 21 heavy (non-hydrogen) atoms. The molecule has 0 fully saturated rings. The zero-order valence-corrected chi connectivity index (χ0v) is 11.7. The normalized spacial score (nSPS) is 11.7. The lowest BCUT2D eigenvalue weighted by Gasteiger charge is -2.17. The van der Waals surface area contributed by atoms with Crippen LogP contribution in [0.4, 0.5) is 0 Å². The lowest BCUT2D eigenvalue weighted by molar-refractivity contribution is -0.137. The summed E-state index contributed by atoms with van der Waals surface area (Å²) in [6.07, 6.45) is 1.21. The molecule has 0 aliphatic carbocycles. The summed E-state index contributed by atoms with van der Waals surface area (Å²) in [7, 11) is 0. The number of carboxylic acid groups (broad SMARTS) is 1. The van der Waals surface area contributed by atoms with Crippen molar-refractivity contribution in [3.05, 3.63) is 64.9 Å². The first-order valence-corrected chi connectivity index (χ1v) is 6.63. The number of rotatable bonds is 5. The van der Waals surface area contributed by atoms with E-state index in [2.05, 4.69) is 10.3 Å². The lowest BCUT2D eigenvalue weighted by atomic mass is 10.0. The molecule has 1 aromatic heterocycles. The van der Waals surface area contributed by atoms with Gasteiger partial charge in [0.1, 0.15) is 5.69 Å². The molecule has 0 spiro atoms. The Kier molecular flexibility index (Phi) is 4.90. The molecule has 0 aliphatic rings. The summed E-state index contributed by atoms with van der Waals surface area (Å²) in [4.78, 5) is 27.0. The van der Waals surface area contributed by atoms with Crippen molar-refractivity contribution in [3.63, 3.8) is 0 Å². The molecule has 0 aliphatic heterocycles. The molecule has 1 amide bonds. The third kappa shape index (κ3) is 4.29. The number of halogens is 1. The Bertz CT molecular complexity index is 646. The van der Waals surface area contributed by atoms with Crippen LogP contribution < -0.4 is 5.32 Å². The van der Waals surface area contributed by atoms with Gasteiger partial charge in [-0.15, -0.1) is 0 Å². The van der Waals surface area contributed by atoms with E-state index in [-0.39, 0.29) is 12.1 Å². The van der Waals surface area contributed by atoms with Gasteiger partial charge in [-0.1, -0.05) is 41.9 Å². The lowest BCUT2D eigenvalue weighted by Crippen LogP contribution is -2.30. The van der Waals surface area contributed by atoms with Crippen molar-refractivity contribution in [1.29, 1.82) is 0 Å². The molecule has 6 heteroatoms. The Morgan fingerprint density at radius 3 is 2.57 bits per heavy atom. The number of aliphatic carboxylic acids is 1. The van der Waals surface area contributed by atoms with Crippen molar-refractivity contribution < 1.29 is 14.7 Å². The van der Waals surface area contributed by atoms with Crippen LogP contribution in [0.3, 0.4) is 0 Å². The highest BCUT2D eigenvalue weighted by atomic mass is 35.5. The molecular formula is C15H13ClN2O3. The summed E-state index contributed by atoms with van der Waals surface area (Å²) in [6, 6.07) is 11.3. The van der Waals surface area contributed by atoms with Crippen LogP contribution in [0.15, 0.2) is 48.7 Å². The molecule has 5 nitrogen and oxygen atoms in total. The Hall–Kier alpha value is -2.40. The first-order chi connectivity index (χ1) is 10.1. The number of nitrogens with zero attached hydrogens (tertiary/aromatic N) is 1. The zero-order valence-electron chi connectivity index (χ0n) is 11.0. The fourth-order valence-corrected chi connectivity index (χ4v) is 2.03. The molecule has 0 bridgehead atoms. The highest BCUT2D eigenvalue weighted by molar-refractivity contribution is 6.30. The van der Waals surface area contributed by atoms with Crippen LogP contribution in [-0.4, -0.2) is 22.0 Å². The van der Waals surface area contributed by atoms with Gasteiger partial charge in [-0.2, -0.15) is 0 Å². The molecule has 2 aromatic rings. The second kappa shape index (κ2) is 6.85. The molecular weight excluding hydrogens is 292 g/mol. The van der Waals surface area contributed by atoms with E-state index in [0.29, 0.717) is 5.02 Å². The number of hydrogen-bond donors (Lipinski definition) is 2. The third-order valence-electron chi connectivity index (χ3n) is 2.84. The van der Waals surface area contributed by atoms with E-state index in [1.54, 1.807) is 30.3 Å². The Labute approximate surface area is 126 Å². The van der Waals surface area contributed by atoms with E-state index in [1.807, 2.05) is 6.07 Å². The van der Waals surface area contributed by atoms with E-state index in [9.17, 15) is 9.59 Å². The van der Waals surface area contributed by atoms with Crippen LogP contribution >= 0.6 is 11.6 Å². The highest BCUT2D eigenvalue weighted by Crippen LogP contribution is 2.17. The topological polar surface area (TPSA) is 79.3 Å². The smallest absolute Gasteiger partial charge is 0.305 e. The molecule has 0 radical (unpaired) electrons. The minimum atomic E-state index is -0.997. The molecule has 108 valence electrons. The number of aromatic nitrogens is 1. The van der Waals surface area contributed by atoms with Gasteiger partial charge in [-0.05, 0) is 17.7 Å². The Balaban J connectivity index is 2.19. The molecule has 2 N–H and O–H groups in total. The molecule has 1 atom stereocenters. The summed E-state index contributed by atoms with van der Waals surface area (Å²) in [5.74, 6) is -1.46. The van der Waals surface area contributed by atoms with Gasteiger partial charge in [0, 0.05) is 11.2 Å². The van der Waals surface area contributed by atoms with Crippen molar-refractivity contribution in [2.75, 3.05) is 0 Å². The van der Waals surface area contributed by atoms with Gasteiger partial charge in [-0.25, -0.2) is 0 Å². The average molecular weight is 305 g/mol. The van der Waals surface area contributed by atoms with Crippen LogP contribution in [0.2, 0.25) is 5.02 Å². The van der Waals surface area contributed by atoms with Gasteiger partial charge in [0.25, 0.3) is 5.91 Å². The molecule has 1 unspecified atom stereocenters. The monoisotopic (exact) mass is 304 g/mol. The first kappa shape index (κ1) is 15.0. The number of nitrogens with one attached hydrogen (secondary N) is 1. The van der Waals surface area contributed by atoms with E-state index in [4.69, 9.17) is 16.7 Å². The fourth-order valence-electron chi connectivity index (χ4n) is 1.87. The fraction of sp³-hybridized carbons (Fsp3) is 0.133. The van der Waals surface area contributed by atoms with E-state index < -0.39 is 17.9 Å². The molecule has 1 heterocycles. The quantitative estimate of drug-likeness (QED) is 0.890. The van der Waals surface area contributed by atoms with Crippen molar-refractivity contribution in [3.8, 4) is 0 Å². The average Bonchev–Trinajstić information content (AvgIpc) is 2.47. The van der Waals surface area contributed by atoms with Gasteiger partial charge in [0.05, 0.1) is 12.5 Å². The van der Waals surface area contributed by atoms with E-state index >= 15 is 0 Å². The maximum absolute atomic E-state index is 12.1. The van der Waals surface area contributed by atoms with Crippen LogP contribution in [0, 0.1) is 0 Å². The van der Waals surface area contributed by atoms with Crippen molar-refractivity contribution >= 4 is 23.5 Å². The molecule has 2 rings (SSSR count). The number of carbonyl (C=O) groups excluding carboxylic acids is 1. The standard InChI is InChI=1S/C15H13ClN2O3/c16-11-6-7-17-13(8-11)15(21)18-12(9-14(19)20)10-4-2-1-3-5-10/h1-8,12H,9H2,(H,18,21)(H,19,20). The maximum atomic E-state index is 12.1. The largest absolute Gasteiger partial charge is 0.481 e. The van der Waals surface area contributed by atoms with Gasteiger partial charge < -0.3 is 10.4 Å². The summed E-state index contributed by atoms with van der Waals surface area (Å²) in [5.41, 5.74) is 0.865. The number of hydrogen-bond acceptors (Lipinski definition) is 3. The Morgan fingerprint density at radius 1 is 1.24 bits per heavy atom. The zero-order chi connectivity index (χ0) is 15.2. The molecule has 0 saturated carbocycles. The van der Waals surface area contributed by atoms with Gasteiger partial charge in [0.2, 0.25) is 0 Å². The number of amides is 1. The highest BCUT2D eigenvalue weighted by Gasteiger charge is 2.19. The maximum Gasteiger partial charge on any atom is 0.305 e. The van der Waals surface area contributed by atoms with Crippen LogP contribution in [-0.2, 0) is 4.79 Å². The van der Waals surface area contributed by atoms with Crippen LogP contribution in [0.5, 0.6) is 0 Å². The third-order valence-corrected chi connectivity index (χ3v) is 3.08. The Morgan fingerprint density at radius 2 is 1.95 bits per heavy atom. The minimum absolute atomic E-state index is 0.147. The van der Waals surface area contributed by atoms with Crippen LogP contribution in [0.25, 0.3) is 0 Å². The summed E-state index contributed by atoms with van der Waals surface area (Å²) >= 11 is 5.81. The van der Waals surface area contributed by atoms with Gasteiger partial charge >= 0.3 is 5.97 Å². The van der Waals surface area contributed by atoms with Crippen molar-refractivity contribution in [1.82, 2.24) is 10.3 Å². The summed E-state index contributed by atoms with van der Waals surface area (Å²) in [6.45, 7) is 0. The molecule has 1 aromatic carbocycles. The first-order valence-electron chi connectivity index (χ1n) is 6.25. The molecule has 0 saturated heterocycles. The predicted octanol–water partition coefficient (Wildman–Crippen LogP) is 2.68. The SMILES string of the molecule is O=C(O)CC(NC(=O)c1cc(Cl)ccn1)c1ccccc1. The van der Waals surface area contributed by atoms with Crippen LogP contribution in [0.1, 0.15) is 28.5 Å².